The van der Waals surface area contributed by atoms with Gasteiger partial charge in [0.1, 0.15) is 23.3 Å². The summed E-state index contributed by atoms with van der Waals surface area (Å²) in [6.45, 7) is 0. The first-order chi connectivity index (χ1) is 14.5. The highest BCUT2D eigenvalue weighted by Gasteiger charge is 2.30. The molecule has 2 aromatic rings. The highest BCUT2D eigenvalue weighted by molar-refractivity contribution is 7.80. The molecule has 0 radical (unpaired) electrons. The van der Waals surface area contributed by atoms with Crippen molar-refractivity contribution in [3.8, 4) is 12.1 Å². The highest BCUT2D eigenvalue weighted by Crippen LogP contribution is 2.24. The van der Waals surface area contributed by atoms with Crippen molar-refractivity contribution in [3.63, 3.8) is 0 Å². The first-order valence-corrected chi connectivity index (χ1v) is 9.45. The molecule has 2 aromatic carbocycles. The maximum Gasteiger partial charge on any atom is 0.184 e. The van der Waals surface area contributed by atoms with Gasteiger partial charge in [-0.25, -0.2) is 0 Å². The molecule has 2 atom stereocenters. The van der Waals surface area contributed by atoms with Crippen molar-refractivity contribution in [1.82, 2.24) is 10.9 Å². The van der Waals surface area contributed by atoms with E-state index in [0.29, 0.717) is 11.1 Å². The van der Waals surface area contributed by atoms with Gasteiger partial charge in [-0.2, -0.15) is 20.7 Å². The van der Waals surface area contributed by atoms with Crippen molar-refractivity contribution < 1.29 is 0 Å². The van der Waals surface area contributed by atoms with Crippen molar-refractivity contribution >= 4 is 46.1 Å². The number of nitriles is 2. The Morgan fingerprint density at radius 2 is 1.07 bits per heavy atom. The zero-order valence-corrected chi connectivity index (χ0v) is 17.3. The number of thiocarbonyl (C=S) groups is 2. The average molecular weight is 435 g/mol. The van der Waals surface area contributed by atoms with E-state index in [1.807, 2.05) is 12.1 Å². The van der Waals surface area contributed by atoms with E-state index in [1.165, 1.54) is 0 Å². The van der Waals surface area contributed by atoms with Crippen LogP contribution < -0.4 is 22.3 Å². The van der Waals surface area contributed by atoms with Gasteiger partial charge in [0.05, 0.1) is 12.1 Å². The molecule has 0 aliphatic rings. The van der Waals surface area contributed by atoms with Gasteiger partial charge in [-0.15, -0.1) is 0 Å². The molecular weight excluding hydrogens is 416 g/mol. The lowest BCUT2D eigenvalue weighted by Gasteiger charge is -2.19. The van der Waals surface area contributed by atoms with E-state index < -0.39 is 11.8 Å². The first kappa shape index (κ1) is 22.4. The molecule has 0 aliphatic heterocycles. The minimum absolute atomic E-state index is 0.105. The Balaban J connectivity index is 2.69. The fourth-order valence-corrected chi connectivity index (χ4v) is 2.74. The van der Waals surface area contributed by atoms with Gasteiger partial charge >= 0.3 is 0 Å². The lowest BCUT2D eigenvalue weighted by molar-refractivity contribution is 0.974. The number of rotatable bonds is 7. The van der Waals surface area contributed by atoms with Gasteiger partial charge in [-0.05, 0) is 35.6 Å². The third-order valence-corrected chi connectivity index (χ3v) is 4.09. The Hall–Kier alpha value is -3.86. The molecule has 0 saturated heterocycles. The van der Waals surface area contributed by atoms with Crippen LogP contribution in [0.3, 0.4) is 0 Å². The van der Waals surface area contributed by atoms with Crippen LogP contribution >= 0.6 is 24.4 Å². The van der Waals surface area contributed by atoms with Crippen molar-refractivity contribution in [1.29, 1.82) is 10.5 Å². The van der Waals surface area contributed by atoms with Crippen LogP contribution in [-0.4, -0.2) is 21.6 Å². The molecule has 150 valence electrons. The quantitative estimate of drug-likeness (QED) is 0.294. The third kappa shape index (κ3) is 6.07. The normalized spacial score (nSPS) is 13.3. The van der Waals surface area contributed by atoms with Gasteiger partial charge < -0.3 is 11.5 Å². The van der Waals surface area contributed by atoms with Crippen LogP contribution in [0.1, 0.15) is 23.0 Å². The fourth-order valence-electron chi connectivity index (χ4n) is 2.65. The summed E-state index contributed by atoms with van der Waals surface area (Å²) in [6.07, 6.45) is 0. The molecule has 30 heavy (non-hydrogen) atoms. The molecule has 0 heterocycles. The zero-order chi connectivity index (χ0) is 21.9. The molecule has 10 heteroatoms. The van der Waals surface area contributed by atoms with Crippen LogP contribution in [0.25, 0.3) is 0 Å². The van der Waals surface area contributed by atoms with Crippen LogP contribution in [0.2, 0.25) is 0 Å². The van der Waals surface area contributed by atoms with Crippen LogP contribution in [0, 0.1) is 22.7 Å². The van der Waals surface area contributed by atoms with Crippen LogP contribution in [-0.2, 0) is 0 Å². The van der Waals surface area contributed by atoms with Gasteiger partial charge in [0.15, 0.2) is 10.2 Å². The summed E-state index contributed by atoms with van der Waals surface area (Å²) in [6, 6.07) is 22.3. The molecule has 0 spiro atoms. The summed E-state index contributed by atoms with van der Waals surface area (Å²) in [5.41, 5.74) is 17.6. The molecule has 0 bridgehead atoms. The van der Waals surface area contributed by atoms with Gasteiger partial charge in [-0.1, -0.05) is 60.7 Å². The number of nitrogens with two attached hydrogens (primary N) is 2. The van der Waals surface area contributed by atoms with E-state index in [4.69, 9.17) is 35.9 Å². The van der Waals surface area contributed by atoms with E-state index >= 15 is 0 Å². The summed E-state index contributed by atoms with van der Waals surface area (Å²) in [5.74, 6) is -1.75. The molecular formula is C20H18N8S2. The largest absolute Gasteiger partial charge is 0.375 e. The second kappa shape index (κ2) is 11.2. The summed E-state index contributed by atoms with van der Waals surface area (Å²) in [5, 5.41) is 28.1. The van der Waals surface area contributed by atoms with E-state index in [-0.39, 0.29) is 21.6 Å². The summed E-state index contributed by atoms with van der Waals surface area (Å²) in [4.78, 5) is 0. The average Bonchev–Trinajstić information content (AvgIpc) is 2.75. The molecule has 0 amide bonds. The number of hydrogen-bond acceptors (Lipinski definition) is 6. The minimum Gasteiger partial charge on any atom is -0.375 e. The number of nitrogens with zero attached hydrogens (tertiary/aromatic N) is 4. The highest BCUT2D eigenvalue weighted by atomic mass is 32.1. The number of hydrogen-bond donors (Lipinski definition) is 4. The lowest BCUT2D eigenvalue weighted by atomic mass is 9.85. The molecule has 8 nitrogen and oxygen atoms in total. The van der Waals surface area contributed by atoms with E-state index in [0.717, 1.165) is 0 Å². The second-order valence-electron chi connectivity index (χ2n) is 5.89. The fraction of sp³-hybridized carbons (Fsp3) is 0.100. The first-order valence-electron chi connectivity index (χ1n) is 8.63. The Morgan fingerprint density at radius 1 is 0.733 bits per heavy atom. The van der Waals surface area contributed by atoms with Gasteiger partial charge in [0.25, 0.3) is 0 Å². The van der Waals surface area contributed by atoms with Crippen molar-refractivity contribution in [2.45, 2.75) is 11.8 Å². The smallest absolute Gasteiger partial charge is 0.184 e. The SMILES string of the molecule is N#C[C@H](C(=N\NC(N)=S)/C(=N/NC(N)=S)[C@H](C#N)c1ccccc1)c1ccccc1. The van der Waals surface area contributed by atoms with Gasteiger partial charge in [0, 0.05) is 0 Å². The summed E-state index contributed by atoms with van der Waals surface area (Å²) < 4.78 is 0. The summed E-state index contributed by atoms with van der Waals surface area (Å²) >= 11 is 9.70. The predicted octanol–water partition coefficient (Wildman–Crippen LogP) is 1.98. The Bertz CT molecular complexity index is 950. The monoisotopic (exact) mass is 434 g/mol. The van der Waals surface area contributed by atoms with Gasteiger partial charge in [0.2, 0.25) is 0 Å². The van der Waals surface area contributed by atoms with Crippen LogP contribution in [0.5, 0.6) is 0 Å². The van der Waals surface area contributed by atoms with Crippen molar-refractivity contribution in [2.24, 2.45) is 21.7 Å². The minimum atomic E-state index is -0.875. The Kier molecular flexibility index (Phi) is 8.39. The Morgan fingerprint density at radius 3 is 1.33 bits per heavy atom. The maximum atomic E-state index is 9.93. The van der Waals surface area contributed by atoms with Crippen LogP contribution in [0.15, 0.2) is 70.9 Å². The zero-order valence-electron chi connectivity index (χ0n) is 15.7. The maximum absolute atomic E-state index is 9.93. The summed E-state index contributed by atoms with van der Waals surface area (Å²) in [7, 11) is 0. The second-order valence-corrected chi connectivity index (χ2v) is 6.77. The number of hydrazone groups is 2. The van der Waals surface area contributed by atoms with Crippen molar-refractivity contribution in [3.05, 3.63) is 71.8 Å². The predicted molar refractivity (Wildman–Crippen MR) is 124 cm³/mol. The molecule has 0 saturated carbocycles. The Labute approximate surface area is 184 Å². The molecule has 6 N–H and O–H groups in total. The number of benzene rings is 2. The topological polar surface area (TPSA) is 148 Å². The molecule has 0 aliphatic carbocycles. The van der Waals surface area contributed by atoms with E-state index in [9.17, 15) is 10.5 Å². The van der Waals surface area contributed by atoms with E-state index in [2.05, 4.69) is 33.2 Å². The third-order valence-electron chi connectivity index (χ3n) is 3.91. The van der Waals surface area contributed by atoms with Crippen LogP contribution in [0.4, 0.5) is 0 Å². The molecule has 0 fully saturated rings. The molecule has 2 rings (SSSR count). The van der Waals surface area contributed by atoms with Crippen molar-refractivity contribution in [2.75, 3.05) is 0 Å². The van der Waals surface area contributed by atoms with Gasteiger partial charge in [-0.3, -0.25) is 10.9 Å². The van der Waals surface area contributed by atoms with E-state index in [1.54, 1.807) is 48.5 Å². The molecule has 0 unspecified atom stereocenters. The number of nitrogens with one attached hydrogen (secondary N) is 2. The lowest BCUT2D eigenvalue weighted by Crippen LogP contribution is -2.35. The molecule has 0 aromatic heterocycles. The standard InChI is InChI=1S/C20H18N8S2/c21-11-15(13-7-3-1-4-8-13)17(25-27-19(23)29)18(26-28-20(24)30)16(12-22)14-9-5-2-6-10-14/h1-10,15-16H,(H3,23,27,29)(H3,24,28,30)/b25-17+,26-18+/t15-,16+.